The number of allylic oxidation sites excluding steroid dienone is 2. The maximum atomic E-state index is 15.3. The Morgan fingerprint density at radius 2 is 1.52 bits per heavy atom. The van der Waals surface area contributed by atoms with Crippen molar-refractivity contribution in [2.24, 2.45) is 55.8 Å². The zero-order chi connectivity index (χ0) is 42.8. The first kappa shape index (κ1) is 44.1. The fourth-order valence-corrected chi connectivity index (χ4v) is 15.4. The lowest BCUT2D eigenvalue weighted by atomic mass is 9.34. The molecule has 9 atom stereocenters. The number of nitrogens with zero attached hydrogens (tertiary/aromatic N) is 5. The summed E-state index contributed by atoms with van der Waals surface area (Å²) in [5.41, 5.74) is 3.45. The minimum atomic E-state index is -0.599. The molecule has 0 bridgehead atoms. The number of piperazine rings is 1. The number of halogens is 1. The number of amides is 2. The zero-order valence-electron chi connectivity index (χ0n) is 38.3. The van der Waals surface area contributed by atoms with Gasteiger partial charge in [0.2, 0.25) is 11.7 Å². The van der Waals surface area contributed by atoms with E-state index in [-0.39, 0.29) is 75.6 Å². The first-order valence-electron chi connectivity index (χ1n) is 23.4. The third-order valence-electron chi connectivity index (χ3n) is 19.0. The average Bonchev–Trinajstić information content (AvgIpc) is 3.83. The number of amidine groups is 1. The summed E-state index contributed by atoms with van der Waals surface area (Å²) in [5, 5.41) is 5.20. The van der Waals surface area contributed by atoms with Crippen molar-refractivity contribution >= 4 is 41.2 Å². The summed E-state index contributed by atoms with van der Waals surface area (Å²) < 4.78 is 6.53. The van der Waals surface area contributed by atoms with Gasteiger partial charge in [0.05, 0.1) is 16.7 Å². The van der Waals surface area contributed by atoms with Crippen molar-refractivity contribution < 1.29 is 40.9 Å². The second-order valence-electron chi connectivity index (χ2n) is 21.6. The van der Waals surface area contributed by atoms with Crippen LogP contribution in [0.5, 0.6) is 0 Å². The van der Waals surface area contributed by atoms with E-state index in [1.54, 1.807) is 6.92 Å². The van der Waals surface area contributed by atoms with Crippen LogP contribution in [0.25, 0.3) is 6.08 Å². The summed E-state index contributed by atoms with van der Waals surface area (Å²) in [5.74, 6) is 1.64. The van der Waals surface area contributed by atoms with Crippen LogP contribution in [-0.2, 0) is 23.9 Å². The van der Waals surface area contributed by atoms with Gasteiger partial charge in [0, 0.05) is 50.4 Å². The van der Waals surface area contributed by atoms with Gasteiger partial charge in [-0.2, -0.15) is 4.59 Å². The smallest absolute Gasteiger partial charge is 0.302 e. The van der Waals surface area contributed by atoms with Gasteiger partial charge >= 0.3 is 5.97 Å². The fraction of sp³-hybridized carbons (Fsp3) is 0.700. The molecule has 2 amide bonds. The van der Waals surface area contributed by atoms with Gasteiger partial charge in [-0.25, -0.2) is 0 Å². The number of ketones is 1. The molecule has 0 N–H and O–H groups in total. The molecule has 332 valence electrons. The summed E-state index contributed by atoms with van der Waals surface area (Å²) in [6, 6.07) is 8.27. The molecular formula is C50H70ClN5O5. The number of esters is 1. The number of Topliss-reactive ketones (excluding diaryl/α,β-unsaturated/α-hetero) is 1. The molecule has 5 aliphatic carbocycles. The Kier molecular flexibility index (Phi) is 10.9. The van der Waals surface area contributed by atoms with E-state index in [2.05, 4.69) is 71.6 Å². The lowest BCUT2D eigenvalue weighted by Crippen LogP contribution is -3.00. The molecule has 11 heteroatoms. The highest BCUT2D eigenvalue weighted by Gasteiger charge is 2.71. The summed E-state index contributed by atoms with van der Waals surface area (Å²) in [7, 11) is 0. The Hall–Kier alpha value is -3.50. The minimum absolute atomic E-state index is 0. The van der Waals surface area contributed by atoms with Crippen LogP contribution in [0, 0.1) is 50.7 Å². The number of hydrogen-bond acceptors (Lipinski definition) is 7. The Labute approximate surface area is 370 Å². The summed E-state index contributed by atoms with van der Waals surface area (Å²) in [6.07, 6.45) is 12.8. The van der Waals surface area contributed by atoms with E-state index >= 15 is 4.79 Å². The number of carbonyl (C=O) groups is 4. The third kappa shape index (κ3) is 6.20. The second kappa shape index (κ2) is 15.1. The molecule has 10 nitrogen and oxygen atoms in total. The van der Waals surface area contributed by atoms with Gasteiger partial charge in [-0.3, -0.25) is 24.1 Å². The van der Waals surface area contributed by atoms with E-state index in [0.29, 0.717) is 54.8 Å². The van der Waals surface area contributed by atoms with Gasteiger partial charge in [0.15, 0.2) is 6.67 Å². The maximum absolute atomic E-state index is 15.3. The number of carbonyl (C=O) groups excluding carboxylic acids is 4. The van der Waals surface area contributed by atoms with Crippen molar-refractivity contribution in [2.75, 3.05) is 50.8 Å². The van der Waals surface area contributed by atoms with E-state index < -0.39 is 5.41 Å². The van der Waals surface area contributed by atoms with Crippen LogP contribution in [0.1, 0.15) is 126 Å². The van der Waals surface area contributed by atoms with E-state index in [9.17, 15) is 14.4 Å². The normalized spacial score (nSPS) is 37.8. The van der Waals surface area contributed by atoms with Gasteiger partial charge in [-0.15, -0.1) is 0 Å². The van der Waals surface area contributed by atoms with Gasteiger partial charge < -0.3 is 26.9 Å². The third-order valence-corrected chi connectivity index (χ3v) is 19.0. The largest absolute Gasteiger partial charge is 1.00 e. The van der Waals surface area contributed by atoms with E-state index in [4.69, 9.17) is 9.84 Å². The lowest BCUT2D eigenvalue weighted by molar-refractivity contribution is -0.925. The Bertz CT molecular complexity index is 2100. The minimum Gasteiger partial charge on any atom is -1.00 e. The van der Waals surface area contributed by atoms with Crippen LogP contribution in [0.2, 0.25) is 0 Å². The first-order valence-corrected chi connectivity index (χ1v) is 23.4. The highest BCUT2D eigenvalue weighted by atomic mass is 35.5. The van der Waals surface area contributed by atoms with Crippen molar-refractivity contribution in [3.05, 3.63) is 47.1 Å². The van der Waals surface area contributed by atoms with Crippen LogP contribution < -0.4 is 17.3 Å². The topological polar surface area (TPSA) is 99.6 Å². The van der Waals surface area contributed by atoms with Gasteiger partial charge in [0.1, 0.15) is 25.0 Å². The first-order chi connectivity index (χ1) is 28.4. The molecule has 1 aromatic carbocycles. The standard InChI is InChI=1S/C50H70N5O5.ClH/c1-10-55(11-2)31-54-38-15-13-12-14-34(38)30-36(43(54)51-55)44(58)52-26-28-53(29-27-52)45(59)50-23-18-35(32(3)56)42(50)37-16-17-40-47(7)21-20-41(60-33(4)57)46(5,6)39(47)19-22-49(40,9)48(37,8)24-25-50;/h12-16,30,35,39-42H,10-11,17-29,31H2,1-9H3;1H/q+1;/p-1/t35-,39-,40+,41-,42+,47-,48+,49+,50-;/m0./s1. The molecule has 1 aromatic rings. The van der Waals surface area contributed by atoms with E-state index in [1.807, 2.05) is 28.0 Å². The predicted octanol–water partition coefficient (Wildman–Crippen LogP) is 5.23. The monoisotopic (exact) mass is 856 g/mol. The predicted molar refractivity (Wildman–Crippen MR) is 234 cm³/mol. The fourth-order valence-electron chi connectivity index (χ4n) is 15.4. The number of benzene rings is 1. The molecule has 5 fully saturated rings. The molecule has 0 unspecified atom stereocenters. The number of quaternary nitrogens is 1. The summed E-state index contributed by atoms with van der Waals surface area (Å²) in [6.45, 7) is 24.2. The number of hydrogen-bond donors (Lipinski definition) is 0. The van der Waals surface area contributed by atoms with Crippen LogP contribution in [0.15, 0.2) is 46.6 Å². The van der Waals surface area contributed by atoms with Crippen molar-refractivity contribution in [3.8, 4) is 0 Å². The summed E-state index contributed by atoms with van der Waals surface area (Å²) in [4.78, 5) is 61.8. The second-order valence-corrected chi connectivity index (χ2v) is 21.6. The molecule has 0 radical (unpaired) electrons. The van der Waals surface area contributed by atoms with Gasteiger partial charge in [-0.1, -0.05) is 69.6 Å². The molecular weight excluding hydrogens is 786 g/mol. The highest BCUT2D eigenvalue weighted by molar-refractivity contribution is 6.31. The number of para-hydroxylation sites is 1. The molecule has 61 heavy (non-hydrogen) atoms. The average molecular weight is 857 g/mol. The SMILES string of the molecule is CC[N+]1(CC)CN2C(=N1)C(C(=O)N1CCN(C(=O)[C@]34CC[C@@H](C(C)=O)[C@@H]3C3=CC[C@@H]5[C@@]6(C)CC[C@H](OC(C)=O)C(C)(C)[C@@H]6CC[C@@]5(C)[C@]3(C)CC4)CC1)=Cc1ccccc12.[Cl-]. The number of ether oxygens (including phenoxy) is 1. The van der Waals surface area contributed by atoms with Gasteiger partial charge in [-0.05, 0) is 124 Å². The molecule has 9 rings (SSSR count). The number of rotatable bonds is 6. The van der Waals surface area contributed by atoms with Crippen LogP contribution in [0.4, 0.5) is 5.69 Å². The molecule has 1 saturated heterocycles. The number of anilines is 1. The van der Waals surface area contributed by atoms with Gasteiger partial charge in [0.25, 0.3) is 5.91 Å². The van der Waals surface area contributed by atoms with Crippen LogP contribution in [0.3, 0.4) is 0 Å². The Balaban J connectivity index is 0.00000514. The quantitative estimate of drug-likeness (QED) is 0.221. The summed E-state index contributed by atoms with van der Waals surface area (Å²) >= 11 is 0. The lowest BCUT2D eigenvalue weighted by Gasteiger charge is -2.70. The molecule has 0 spiro atoms. The highest BCUT2D eigenvalue weighted by Crippen LogP contribution is 2.76. The molecule has 4 saturated carbocycles. The van der Waals surface area contributed by atoms with Crippen LogP contribution in [-0.4, -0.2) is 95.8 Å². The van der Waals surface area contributed by atoms with Crippen molar-refractivity contribution in [1.29, 1.82) is 0 Å². The van der Waals surface area contributed by atoms with Crippen molar-refractivity contribution in [2.45, 2.75) is 126 Å². The van der Waals surface area contributed by atoms with E-state index in [0.717, 1.165) is 88.0 Å². The number of fused-ring (bicyclic) bond motifs is 10. The molecule has 8 aliphatic rings. The Morgan fingerprint density at radius 3 is 2.20 bits per heavy atom. The molecule has 3 aliphatic heterocycles. The Morgan fingerprint density at radius 1 is 0.836 bits per heavy atom. The van der Waals surface area contributed by atoms with Crippen LogP contribution >= 0.6 is 0 Å². The van der Waals surface area contributed by atoms with E-state index in [1.165, 1.54) is 12.5 Å². The maximum Gasteiger partial charge on any atom is 0.302 e. The van der Waals surface area contributed by atoms with Crippen molar-refractivity contribution in [1.82, 2.24) is 9.80 Å². The van der Waals surface area contributed by atoms with Crippen molar-refractivity contribution in [3.63, 3.8) is 0 Å². The molecule has 3 heterocycles. The zero-order valence-corrected chi connectivity index (χ0v) is 39.1. The molecule has 0 aromatic heterocycles.